The average Bonchev–Trinajstić information content (AvgIpc) is 2.73. The first-order valence-corrected chi connectivity index (χ1v) is 9.93. The number of morpholine rings is 1. The number of esters is 1. The standard InChI is InChI=1S/C21H32N2O4/c1-3-4-5-6-11-23(13-12-22-14-16-27-17-15-22)20(24)18-7-9-19(10-8-18)21(25)26-2/h7-10H,3-6,11-17H2,1-2H3. The maximum atomic E-state index is 13.0. The van der Waals surface area contributed by atoms with Crippen LogP contribution < -0.4 is 0 Å². The summed E-state index contributed by atoms with van der Waals surface area (Å²) >= 11 is 0. The van der Waals surface area contributed by atoms with E-state index in [4.69, 9.17) is 9.47 Å². The fourth-order valence-electron chi connectivity index (χ4n) is 3.18. The number of ether oxygens (including phenoxy) is 2. The molecule has 1 aromatic rings. The lowest BCUT2D eigenvalue weighted by Crippen LogP contribution is -2.43. The fraction of sp³-hybridized carbons (Fsp3) is 0.619. The molecule has 6 nitrogen and oxygen atoms in total. The second-order valence-corrected chi connectivity index (χ2v) is 6.88. The van der Waals surface area contributed by atoms with Crippen LogP contribution in [0.25, 0.3) is 0 Å². The summed E-state index contributed by atoms with van der Waals surface area (Å²) in [7, 11) is 1.35. The van der Waals surface area contributed by atoms with Crippen molar-refractivity contribution in [2.75, 3.05) is 53.0 Å². The quantitative estimate of drug-likeness (QED) is 0.464. The SMILES string of the molecule is CCCCCCN(CCN1CCOCC1)C(=O)c1ccc(C(=O)OC)cc1. The van der Waals surface area contributed by atoms with Crippen LogP contribution in [0.1, 0.15) is 53.3 Å². The molecule has 27 heavy (non-hydrogen) atoms. The number of amides is 1. The molecule has 0 aliphatic carbocycles. The summed E-state index contributed by atoms with van der Waals surface area (Å²) in [6.07, 6.45) is 4.53. The molecule has 150 valence electrons. The van der Waals surface area contributed by atoms with Crippen molar-refractivity contribution >= 4 is 11.9 Å². The summed E-state index contributed by atoms with van der Waals surface area (Å²) in [4.78, 5) is 28.9. The van der Waals surface area contributed by atoms with E-state index in [0.717, 1.165) is 52.2 Å². The Kier molecular flexibility index (Phi) is 9.28. The Labute approximate surface area is 162 Å². The zero-order valence-corrected chi connectivity index (χ0v) is 16.6. The third kappa shape index (κ3) is 6.96. The highest BCUT2D eigenvalue weighted by Gasteiger charge is 2.18. The van der Waals surface area contributed by atoms with Crippen LogP contribution in [0.15, 0.2) is 24.3 Å². The van der Waals surface area contributed by atoms with Gasteiger partial charge < -0.3 is 14.4 Å². The number of carbonyl (C=O) groups excluding carboxylic acids is 2. The van der Waals surface area contributed by atoms with Crippen molar-refractivity contribution in [2.24, 2.45) is 0 Å². The minimum absolute atomic E-state index is 0.0242. The van der Waals surface area contributed by atoms with Crippen molar-refractivity contribution in [1.82, 2.24) is 9.80 Å². The van der Waals surface area contributed by atoms with Crippen molar-refractivity contribution < 1.29 is 19.1 Å². The van der Waals surface area contributed by atoms with E-state index in [2.05, 4.69) is 11.8 Å². The summed E-state index contributed by atoms with van der Waals surface area (Å²) in [6, 6.07) is 6.72. The summed E-state index contributed by atoms with van der Waals surface area (Å²) < 4.78 is 10.1. The van der Waals surface area contributed by atoms with Gasteiger partial charge >= 0.3 is 5.97 Å². The summed E-state index contributed by atoms with van der Waals surface area (Å²) in [5, 5.41) is 0. The smallest absolute Gasteiger partial charge is 0.337 e. The Morgan fingerprint density at radius 1 is 1.04 bits per heavy atom. The Bertz CT molecular complexity index is 582. The van der Waals surface area contributed by atoms with Gasteiger partial charge in [0.2, 0.25) is 0 Å². The second kappa shape index (κ2) is 11.7. The lowest BCUT2D eigenvalue weighted by atomic mass is 10.1. The van der Waals surface area contributed by atoms with E-state index in [0.29, 0.717) is 17.7 Å². The lowest BCUT2D eigenvalue weighted by Gasteiger charge is -2.30. The second-order valence-electron chi connectivity index (χ2n) is 6.88. The Morgan fingerprint density at radius 2 is 1.70 bits per heavy atom. The molecule has 1 aromatic carbocycles. The molecule has 0 unspecified atom stereocenters. The molecule has 0 aromatic heterocycles. The maximum absolute atomic E-state index is 13.0. The molecule has 1 amide bonds. The van der Waals surface area contributed by atoms with Crippen molar-refractivity contribution in [3.05, 3.63) is 35.4 Å². The van der Waals surface area contributed by atoms with Crippen molar-refractivity contribution in [1.29, 1.82) is 0 Å². The minimum atomic E-state index is -0.391. The Hall–Kier alpha value is -1.92. The van der Waals surface area contributed by atoms with E-state index in [-0.39, 0.29) is 5.91 Å². The van der Waals surface area contributed by atoms with Gasteiger partial charge in [0.25, 0.3) is 5.91 Å². The number of nitrogens with zero attached hydrogens (tertiary/aromatic N) is 2. The number of methoxy groups -OCH3 is 1. The van der Waals surface area contributed by atoms with Gasteiger partial charge in [-0.3, -0.25) is 9.69 Å². The Morgan fingerprint density at radius 3 is 2.33 bits per heavy atom. The molecular formula is C21H32N2O4. The van der Waals surface area contributed by atoms with Crippen LogP contribution in [0.4, 0.5) is 0 Å². The first kappa shape index (κ1) is 21.4. The minimum Gasteiger partial charge on any atom is -0.465 e. The topological polar surface area (TPSA) is 59.1 Å². The Balaban J connectivity index is 1.98. The molecule has 0 atom stereocenters. The van der Waals surface area contributed by atoms with Gasteiger partial charge in [0.15, 0.2) is 0 Å². The summed E-state index contributed by atoms with van der Waals surface area (Å²) in [5.74, 6) is -0.367. The normalized spacial score (nSPS) is 14.7. The number of benzene rings is 1. The van der Waals surface area contributed by atoms with Crippen LogP contribution in [0.3, 0.4) is 0 Å². The monoisotopic (exact) mass is 376 g/mol. The molecule has 0 bridgehead atoms. The maximum Gasteiger partial charge on any atom is 0.337 e. The van der Waals surface area contributed by atoms with Crippen molar-refractivity contribution in [2.45, 2.75) is 32.6 Å². The van der Waals surface area contributed by atoms with Crippen molar-refractivity contribution in [3.8, 4) is 0 Å². The first-order valence-electron chi connectivity index (χ1n) is 9.93. The van der Waals surface area contributed by atoms with Crippen LogP contribution in [0.2, 0.25) is 0 Å². The summed E-state index contributed by atoms with van der Waals surface area (Å²) in [6.45, 7) is 7.90. The molecule has 0 N–H and O–H groups in total. The van der Waals surface area contributed by atoms with Gasteiger partial charge in [0, 0.05) is 38.3 Å². The van der Waals surface area contributed by atoms with E-state index >= 15 is 0 Å². The highest BCUT2D eigenvalue weighted by molar-refractivity contribution is 5.96. The zero-order chi connectivity index (χ0) is 19.5. The van der Waals surface area contributed by atoms with Gasteiger partial charge in [-0.25, -0.2) is 4.79 Å². The van der Waals surface area contributed by atoms with Gasteiger partial charge in [-0.2, -0.15) is 0 Å². The molecule has 1 saturated heterocycles. The van der Waals surface area contributed by atoms with Crippen LogP contribution in [-0.4, -0.2) is 74.7 Å². The van der Waals surface area contributed by atoms with E-state index in [1.54, 1.807) is 24.3 Å². The van der Waals surface area contributed by atoms with E-state index in [1.165, 1.54) is 20.0 Å². The van der Waals surface area contributed by atoms with Gasteiger partial charge in [0.05, 0.1) is 25.9 Å². The number of unbranched alkanes of at least 4 members (excludes halogenated alkanes) is 3. The van der Waals surface area contributed by atoms with Crippen LogP contribution in [-0.2, 0) is 9.47 Å². The molecule has 0 spiro atoms. The predicted molar refractivity (Wildman–Crippen MR) is 105 cm³/mol. The van der Waals surface area contributed by atoms with Gasteiger partial charge in [-0.05, 0) is 30.7 Å². The van der Waals surface area contributed by atoms with Crippen LogP contribution in [0.5, 0.6) is 0 Å². The highest BCUT2D eigenvalue weighted by atomic mass is 16.5. The molecule has 1 aliphatic rings. The molecule has 0 radical (unpaired) electrons. The van der Waals surface area contributed by atoms with E-state index < -0.39 is 5.97 Å². The van der Waals surface area contributed by atoms with Crippen LogP contribution >= 0.6 is 0 Å². The molecule has 1 aliphatic heterocycles. The van der Waals surface area contributed by atoms with E-state index in [1.807, 2.05) is 4.90 Å². The van der Waals surface area contributed by atoms with E-state index in [9.17, 15) is 9.59 Å². The number of rotatable bonds is 10. The summed E-state index contributed by atoms with van der Waals surface area (Å²) in [5.41, 5.74) is 1.07. The molecule has 2 rings (SSSR count). The molecule has 6 heteroatoms. The fourth-order valence-corrected chi connectivity index (χ4v) is 3.18. The average molecular weight is 376 g/mol. The largest absolute Gasteiger partial charge is 0.465 e. The molecule has 1 fully saturated rings. The molecular weight excluding hydrogens is 344 g/mol. The molecule has 1 heterocycles. The number of hydrogen-bond acceptors (Lipinski definition) is 5. The van der Waals surface area contributed by atoms with Crippen LogP contribution in [0, 0.1) is 0 Å². The first-order chi connectivity index (χ1) is 13.2. The number of carbonyl (C=O) groups is 2. The van der Waals surface area contributed by atoms with Gasteiger partial charge in [0.1, 0.15) is 0 Å². The number of hydrogen-bond donors (Lipinski definition) is 0. The predicted octanol–water partition coefficient (Wildman–Crippen LogP) is 2.83. The van der Waals surface area contributed by atoms with Gasteiger partial charge in [-0.15, -0.1) is 0 Å². The lowest BCUT2D eigenvalue weighted by molar-refractivity contribution is 0.0324. The highest BCUT2D eigenvalue weighted by Crippen LogP contribution is 2.11. The molecule has 0 saturated carbocycles. The third-order valence-electron chi connectivity index (χ3n) is 4.91. The van der Waals surface area contributed by atoms with Gasteiger partial charge in [-0.1, -0.05) is 26.2 Å². The van der Waals surface area contributed by atoms with Crippen molar-refractivity contribution in [3.63, 3.8) is 0 Å². The third-order valence-corrected chi connectivity index (χ3v) is 4.91. The zero-order valence-electron chi connectivity index (χ0n) is 16.6.